The number of ether oxygens (including phenoxy) is 2. The maximum absolute atomic E-state index is 12.7. The summed E-state index contributed by atoms with van der Waals surface area (Å²) in [5.74, 6) is -0.537. The first-order valence-electron chi connectivity index (χ1n) is 21.0. The zero-order valence-corrected chi connectivity index (χ0v) is 35.2. The SMILES string of the molecule is CCCCCCCCCCCCn1c(C(=O)OC)cc2sc(-c3ccc(-c4cc5c(cc(C(=O)OC)n5CCCCCCCCCCCC)s4)cc3)cc21. The third-order valence-corrected chi connectivity index (χ3v) is 13.1. The number of hydrogen-bond acceptors (Lipinski definition) is 6. The number of nitrogens with zero attached hydrogens (tertiary/aromatic N) is 2. The van der Waals surface area contributed by atoms with Crippen molar-refractivity contribution in [1.29, 1.82) is 0 Å². The number of esters is 2. The Morgan fingerprint density at radius 2 is 0.796 bits per heavy atom. The molecule has 0 radical (unpaired) electrons. The van der Waals surface area contributed by atoms with Crippen molar-refractivity contribution in [3.05, 3.63) is 59.9 Å². The number of carbonyl (C=O) groups is 2. The van der Waals surface area contributed by atoms with E-state index in [-0.39, 0.29) is 11.9 Å². The zero-order valence-electron chi connectivity index (χ0n) is 33.5. The second-order valence-electron chi connectivity index (χ2n) is 15.0. The third-order valence-electron chi connectivity index (χ3n) is 10.9. The van der Waals surface area contributed by atoms with Crippen LogP contribution in [0.2, 0.25) is 0 Å². The van der Waals surface area contributed by atoms with E-state index in [0.29, 0.717) is 11.4 Å². The summed E-state index contributed by atoms with van der Waals surface area (Å²) in [4.78, 5) is 27.8. The van der Waals surface area contributed by atoms with Crippen LogP contribution in [0.25, 0.3) is 41.3 Å². The standard InChI is InChI=1S/C46H64N2O4S2/c1-5-7-9-11-13-15-17-19-21-23-29-47-37-31-41(53-43(37)33-39(47)45(49)51-3)35-25-27-36(28-26-35)42-32-38-44(54-42)34-40(46(50)52-4)48(38)30-24-22-20-18-16-14-12-10-8-6-2/h25-28,31-34H,5-24,29-30H2,1-4H3. The van der Waals surface area contributed by atoms with Crippen LogP contribution in [0.3, 0.4) is 0 Å². The quantitative estimate of drug-likeness (QED) is 0.0415. The molecule has 4 aromatic heterocycles. The Hall–Kier alpha value is -3.36. The Bertz CT molecular complexity index is 1740. The van der Waals surface area contributed by atoms with Gasteiger partial charge in [-0.1, -0.05) is 154 Å². The molecule has 1 aromatic carbocycles. The van der Waals surface area contributed by atoms with Gasteiger partial charge in [0.05, 0.1) is 34.7 Å². The molecule has 294 valence electrons. The number of hydrogen-bond donors (Lipinski definition) is 0. The number of unbranched alkanes of at least 4 members (excludes halogenated alkanes) is 18. The van der Waals surface area contributed by atoms with Gasteiger partial charge in [0.2, 0.25) is 0 Å². The van der Waals surface area contributed by atoms with E-state index in [1.807, 2.05) is 12.1 Å². The molecule has 0 N–H and O–H groups in total. The van der Waals surface area contributed by atoms with Gasteiger partial charge in [-0.15, -0.1) is 22.7 Å². The summed E-state index contributed by atoms with van der Waals surface area (Å²) in [6.45, 7) is 6.19. The first-order valence-corrected chi connectivity index (χ1v) is 22.7. The van der Waals surface area contributed by atoms with Crippen molar-refractivity contribution in [2.24, 2.45) is 0 Å². The number of carbonyl (C=O) groups excluding carboxylic acids is 2. The van der Waals surface area contributed by atoms with Crippen LogP contribution in [0, 0.1) is 0 Å². The van der Waals surface area contributed by atoms with Crippen LogP contribution < -0.4 is 0 Å². The minimum Gasteiger partial charge on any atom is -0.464 e. The van der Waals surface area contributed by atoms with Crippen LogP contribution >= 0.6 is 22.7 Å². The number of rotatable bonds is 26. The normalized spacial score (nSPS) is 11.6. The van der Waals surface area contributed by atoms with Crippen molar-refractivity contribution in [3.63, 3.8) is 0 Å². The van der Waals surface area contributed by atoms with Gasteiger partial charge in [0.1, 0.15) is 11.4 Å². The van der Waals surface area contributed by atoms with E-state index in [1.54, 1.807) is 22.7 Å². The molecule has 6 nitrogen and oxygen atoms in total. The van der Waals surface area contributed by atoms with E-state index in [1.165, 1.54) is 151 Å². The zero-order chi connectivity index (χ0) is 38.1. The largest absolute Gasteiger partial charge is 0.464 e. The predicted molar refractivity (Wildman–Crippen MR) is 230 cm³/mol. The second-order valence-corrected chi connectivity index (χ2v) is 17.2. The monoisotopic (exact) mass is 772 g/mol. The van der Waals surface area contributed by atoms with Crippen molar-refractivity contribution in [3.8, 4) is 20.9 Å². The maximum Gasteiger partial charge on any atom is 0.354 e. The Morgan fingerprint density at radius 1 is 0.481 bits per heavy atom. The Morgan fingerprint density at radius 3 is 1.11 bits per heavy atom. The molecule has 0 unspecified atom stereocenters. The van der Waals surface area contributed by atoms with Crippen molar-refractivity contribution in [2.75, 3.05) is 14.2 Å². The summed E-state index contributed by atoms with van der Waals surface area (Å²) in [5.41, 5.74) is 5.86. The predicted octanol–water partition coefficient (Wildman–Crippen LogP) is 14.5. The molecule has 0 amide bonds. The molecule has 0 fully saturated rings. The topological polar surface area (TPSA) is 62.5 Å². The molecule has 0 saturated carbocycles. The summed E-state index contributed by atoms with van der Waals surface area (Å²) in [6.07, 6.45) is 25.7. The van der Waals surface area contributed by atoms with E-state index in [9.17, 15) is 9.59 Å². The molecule has 5 rings (SSSR count). The molecule has 0 saturated heterocycles. The van der Waals surface area contributed by atoms with Gasteiger partial charge in [0, 0.05) is 22.8 Å². The van der Waals surface area contributed by atoms with Gasteiger partial charge in [0.25, 0.3) is 0 Å². The van der Waals surface area contributed by atoms with Gasteiger partial charge in [0.15, 0.2) is 0 Å². The summed E-state index contributed by atoms with van der Waals surface area (Å²) < 4.78 is 16.9. The highest BCUT2D eigenvalue weighted by atomic mass is 32.1. The van der Waals surface area contributed by atoms with Crippen LogP contribution in [0.4, 0.5) is 0 Å². The lowest BCUT2D eigenvalue weighted by Gasteiger charge is -2.09. The molecule has 0 bridgehead atoms. The van der Waals surface area contributed by atoms with Gasteiger partial charge in [-0.05, 0) is 48.2 Å². The van der Waals surface area contributed by atoms with Crippen molar-refractivity contribution < 1.29 is 19.1 Å². The van der Waals surface area contributed by atoms with E-state index >= 15 is 0 Å². The molecule has 4 heterocycles. The fourth-order valence-electron chi connectivity index (χ4n) is 7.71. The fourth-order valence-corrected chi connectivity index (χ4v) is 9.92. The first-order chi connectivity index (χ1) is 26.5. The first kappa shape index (κ1) is 41.8. The van der Waals surface area contributed by atoms with Gasteiger partial charge >= 0.3 is 11.9 Å². The van der Waals surface area contributed by atoms with Crippen LogP contribution in [-0.2, 0) is 22.6 Å². The molecule has 5 aromatic rings. The molecule has 0 aliphatic rings. The molecule has 8 heteroatoms. The fraction of sp³-hybridized carbons (Fsp3) is 0.565. The van der Waals surface area contributed by atoms with Crippen molar-refractivity contribution >= 4 is 55.0 Å². The lowest BCUT2D eigenvalue weighted by molar-refractivity contribution is 0.0580. The number of aryl methyl sites for hydroxylation is 2. The van der Waals surface area contributed by atoms with Gasteiger partial charge in [-0.25, -0.2) is 9.59 Å². The number of thiophene rings is 2. The van der Waals surface area contributed by atoms with E-state index in [0.717, 1.165) is 46.4 Å². The minimum absolute atomic E-state index is 0.269. The molecule has 0 aliphatic carbocycles. The smallest absolute Gasteiger partial charge is 0.354 e. The van der Waals surface area contributed by atoms with Crippen LogP contribution in [0.5, 0.6) is 0 Å². The lowest BCUT2D eigenvalue weighted by Crippen LogP contribution is -2.10. The molecule has 0 atom stereocenters. The van der Waals surface area contributed by atoms with E-state index in [4.69, 9.17) is 9.47 Å². The Kier molecular flexibility index (Phi) is 17.2. The summed E-state index contributed by atoms with van der Waals surface area (Å²) in [6, 6.07) is 17.3. The summed E-state index contributed by atoms with van der Waals surface area (Å²) >= 11 is 3.46. The average molecular weight is 773 g/mol. The summed E-state index contributed by atoms with van der Waals surface area (Å²) in [5, 5.41) is 0. The van der Waals surface area contributed by atoms with E-state index < -0.39 is 0 Å². The van der Waals surface area contributed by atoms with Crippen LogP contribution in [0.1, 0.15) is 163 Å². The molecule has 54 heavy (non-hydrogen) atoms. The third kappa shape index (κ3) is 11.3. The van der Waals surface area contributed by atoms with Gasteiger partial charge in [-0.3, -0.25) is 0 Å². The highest BCUT2D eigenvalue weighted by Gasteiger charge is 2.21. The average Bonchev–Trinajstić information content (AvgIpc) is 3.96. The molecular weight excluding hydrogens is 709 g/mol. The van der Waals surface area contributed by atoms with Crippen LogP contribution in [0.15, 0.2) is 48.5 Å². The highest BCUT2D eigenvalue weighted by Crippen LogP contribution is 2.39. The number of fused-ring (bicyclic) bond motifs is 2. The van der Waals surface area contributed by atoms with Gasteiger partial charge < -0.3 is 18.6 Å². The van der Waals surface area contributed by atoms with Gasteiger partial charge in [-0.2, -0.15) is 0 Å². The van der Waals surface area contributed by atoms with Crippen molar-refractivity contribution in [2.45, 2.75) is 155 Å². The molecular formula is C46H64N2O4S2. The summed E-state index contributed by atoms with van der Waals surface area (Å²) in [7, 11) is 2.93. The van der Waals surface area contributed by atoms with E-state index in [2.05, 4.69) is 59.4 Å². The number of methoxy groups -OCH3 is 2. The lowest BCUT2D eigenvalue weighted by atomic mass is 10.1. The highest BCUT2D eigenvalue weighted by molar-refractivity contribution is 7.22. The Labute approximate surface area is 332 Å². The van der Waals surface area contributed by atoms with Crippen molar-refractivity contribution in [1.82, 2.24) is 9.13 Å². The maximum atomic E-state index is 12.7. The number of benzene rings is 1. The molecule has 0 aliphatic heterocycles. The molecule has 0 spiro atoms. The minimum atomic E-state index is -0.269. The second kappa shape index (κ2) is 22.3. The van der Waals surface area contributed by atoms with Crippen LogP contribution in [-0.4, -0.2) is 35.3 Å². The Balaban J connectivity index is 1.21. The number of aromatic nitrogens is 2.